The Labute approximate surface area is 137 Å². The van der Waals surface area contributed by atoms with Crippen LogP contribution in [-0.2, 0) is 11.3 Å². The van der Waals surface area contributed by atoms with Crippen molar-refractivity contribution in [3.63, 3.8) is 0 Å². The number of carbonyl (C=O) groups is 2. The number of rotatable bonds is 5. The normalized spacial score (nSPS) is 16.9. The number of aliphatic carboxylic acids is 1. The van der Waals surface area contributed by atoms with Gasteiger partial charge < -0.3 is 14.9 Å². The van der Waals surface area contributed by atoms with Crippen LogP contribution < -0.4 is 0 Å². The van der Waals surface area contributed by atoms with Gasteiger partial charge in [-0.2, -0.15) is 0 Å². The monoisotopic (exact) mass is 319 g/mol. The zero-order valence-electron chi connectivity index (χ0n) is 13.8. The molecule has 0 aliphatic carbocycles. The van der Waals surface area contributed by atoms with Gasteiger partial charge in [-0.1, -0.05) is 37.3 Å². The van der Waals surface area contributed by atoms with Crippen LogP contribution in [-0.4, -0.2) is 71.1 Å². The van der Waals surface area contributed by atoms with E-state index in [-0.39, 0.29) is 6.03 Å². The minimum Gasteiger partial charge on any atom is -0.480 e. The molecule has 1 atom stereocenters. The second kappa shape index (κ2) is 7.97. The number of nitrogens with zero attached hydrogens (tertiary/aromatic N) is 3. The highest BCUT2D eigenvalue weighted by Crippen LogP contribution is 2.12. The molecule has 0 bridgehead atoms. The van der Waals surface area contributed by atoms with E-state index >= 15 is 0 Å². The summed E-state index contributed by atoms with van der Waals surface area (Å²) in [7, 11) is 1.80. The molecule has 1 saturated heterocycles. The lowest BCUT2D eigenvalue weighted by atomic mass is 10.1. The Kier molecular flexibility index (Phi) is 5.98. The smallest absolute Gasteiger partial charge is 0.320 e. The minimum absolute atomic E-state index is 0.00289. The van der Waals surface area contributed by atoms with Gasteiger partial charge in [0.15, 0.2) is 0 Å². The zero-order valence-corrected chi connectivity index (χ0v) is 13.8. The maximum Gasteiger partial charge on any atom is 0.320 e. The number of hydrogen-bond donors (Lipinski definition) is 1. The maximum absolute atomic E-state index is 12.5. The van der Waals surface area contributed by atoms with Crippen LogP contribution in [0.5, 0.6) is 0 Å². The first-order valence-electron chi connectivity index (χ1n) is 8.03. The molecular formula is C17H25N3O3. The minimum atomic E-state index is -0.784. The number of carbonyl (C=O) groups excluding carboxylic acids is 1. The number of hydrogen-bond acceptors (Lipinski definition) is 3. The van der Waals surface area contributed by atoms with E-state index in [0.29, 0.717) is 39.1 Å². The highest BCUT2D eigenvalue weighted by molar-refractivity contribution is 5.75. The first kappa shape index (κ1) is 17.3. The predicted octanol–water partition coefficient (Wildman–Crippen LogP) is 1.72. The van der Waals surface area contributed by atoms with E-state index in [2.05, 4.69) is 0 Å². The van der Waals surface area contributed by atoms with Gasteiger partial charge in [-0.05, 0) is 12.0 Å². The van der Waals surface area contributed by atoms with Crippen LogP contribution in [0.2, 0.25) is 0 Å². The van der Waals surface area contributed by atoms with Crippen molar-refractivity contribution in [2.45, 2.75) is 25.9 Å². The molecule has 6 heteroatoms. The molecule has 0 radical (unpaired) electrons. The topological polar surface area (TPSA) is 64.1 Å². The second-order valence-electron chi connectivity index (χ2n) is 5.91. The van der Waals surface area contributed by atoms with Gasteiger partial charge in [0, 0.05) is 39.8 Å². The number of benzene rings is 1. The third kappa shape index (κ3) is 4.45. The fraction of sp³-hybridized carbons (Fsp3) is 0.529. The molecule has 1 aromatic carbocycles. The van der Waals surface area contributed by atoms with Crippen molar-refractivity contribution in [2.75, 3.05) is 33.2 Å². The van der Waals surface area contributed by atoms with Crippen LogP contribution in [0.15, 0.2) is 30.3 Å². The molecular weight excluding hydrogens is 294 g/mol. The molecule has 1 unspecified atom stereocenters. The van der Waals surface area contributed by atoms with Crippen molar-refractivity contribution in [2.24, 2.45) is 0 Å². The van der Waals surface area contributed by atoms with E-state index in [1.54, 1.807) is 16.8 Å². The summed E-state index contributed by atoms with van der Waals surface area (Å²) < 4.78 is 0. The van der Waals surface area contributed by atoms with Gasteiger partial charge in [-0.3, -0.25) is 9.69 Å². The van der Waals surface area contributed by atoms with Crippen LogP contribution in [0.1, 0.15) is 18.9 Å². The third-order valence-corrected chi connectivity index (χ3v) is 4.29. The molecule has 1 N–H and O–H groups in total. The Morgan fingerprint density at radius 1 is 1.17 bits per heavy atom. The molecule has 6 nitrogen and oxygen atoms in total. The quantitative estimate of drug-likeness (QED) is 0.897. The van der Waals surface area contributed by atoms with Crippen molar-refractivity contribution in [3.8, 4) is 0 Å². The molecule has 23 heavy (non-hydrogen) atoms. The van der Waals surface area contributed by atoms with E-state index in [0.717, 1.165) is 5.56 Å². The Morgan fingerprint density at radius 3 is 2.30 bits per heavy atom. The summed E-state index contributed by atoms with van der Waals surface area (Å²) in [5.41, 5.74) is 1.10. The molecule has 2 rings (SSSR count). The highest BCUT2D eigenvalue weighted by Gasteiger charge is 2.29. The Bertz CT molecular complexity index is 527. The number of piperazine rings is 1. The number of amides is 2. The molecule has 2 amide bonds. The number of carboxylic acid groups (broad SMARTS) is 1. The molecule has 1 fully saturated rings. The first-order valence-corrected chi connectivity index (χ1v) is 8.03. The Hall–Kier alpha value is -2.08. The van der Waals surface area contributed by atoms with Crippen molar-refractivity contribution in [1.29, 1.82) is 0 Å². The van der Waals surface area contributed by atoms with E-state index in [9.17, 15) is 14.7 Å². The maximum atomic E-state index is 12.5. The average molecular weight is 319 g/mol. The van der Waals surface area contributed by atoms with Crippen molar-refractivity contribution >= 4 is 12.0 Å². The van der Waals surface area contributed by atoms with Crippen LogP contribution in [0.3, 0.4) is 0 Å². The van der Waals surface area contributed by atoms with Crippen LogP contribution in [0.4, 0.5) is 4.79 Å². The van der Waals surface area contributed by atoms with E-state index in [4.69, 9.17) is 0 Å². The standard InChI is InChI=1S/C17H25N3O3/c1-3-15(16(21)22)19-9-11-20(12-10-19)17(23)18(2)13-14-7-5-4-6-8-14/h4-8,15H,3,9-13H2,1-2H3,(H,21,22). The number of urea groups is 1. The average Bonchev–Trinajstić information content (AvgIpc) is 2.56. The molecule has 0 aromatic heterocycles. The lowest BCUT2D eigenvalue weighted by molar-refractivity contribution is -0.144. The van der Waals surface area contributed by atoms with Crippen LogP contribution in [0, 0.1) is 0 Å². The van der Waals surface area contributed by atoms with Gasteiger partial charge >= 0.3 is 12.0 Å². The summed E-state index contributed by atoms with van der Waals surface area (Å²) in [4.78, 5) is 29.2. The van der Waals surface area contributed by atoms with E-state index in [1.807, 2.05) is 42.2 Å². The lowest BCUT2D eigenvalue weighted by Gasteiger charge is -2.38. The van der Waals surface area contributed by atoms with Gasteiger partial charge in [0.2, 0.25) is 0 Å². The van der Waals surface area contributed by atoms with Crippen molar-refractivity contribution in [1.82, 2.24) is 14.7 Å². The highest BCUT2D eigenvalue weighted by atomic mass is 16.4. The summed E-state index contributed by atoms with van der Waals surface area (Å²) >= 11 is 0. The summed E-state index contributed by atoms with van der Waals surface area (Å²) in [5.74, 6) is -0.784. The molecule has 1 heterocycles. The SMILES string of the molecule is CCC(C(=O)O)N1CCN(C(=O)N(C)Cc2ccccc2)CC1. The van der Waals surface area contributed by atoms with Crippen molar-refractivity contribution in [3.05, 3.63) is 35.9 Å². The van der Waals surface area contributed by atoms with Gasteiger partial charge in [-0.25, -0.2) is 4.79 Å². The summed E-state index contributed by atoms with van der Waals surface area (Å²) in [6.45, 7) is 4.81. The van der Waals surface area contributed by atoms with Gasteiger partial charge in [0.05, 0.1) is 0 Å². The zero-order chi connectivity index (χ0) is 16.8. The molecule has 0 spiro atoms. The number of carboxylic acids is 1. The first-order chi connectivity index (χ1) is 11.0. The summed E-state index contributed by atoms with van der Waals surface area (Å²) in [6, 6.07) is 9.43. The third-order valence-electron chi connectivity index (χ3n) is 4.29. The molecule has 126 valence electrons. The second-order valence-corrected chi connectivity index (χ2v) is 5.91. The van der Waals surface area contributed by atoms with Crippen LogP contribution >= 0.6 is 0 Å². The van der Waals surface area contributed by atoms with Crippen LogP contribution in [0.25, 0.3) is 0 Å². The van der Waals surface area contributed by atoms with E-state index in [1.165, 1.54) is 0 Å². The Balaban J connectivity index is 1.86. The van der Waals surface area contributed by atoms with Gasteiger partial charge in [0.25, 0.3) is 0 Å². The summed E-state index contributed by atoms with van der Waals surface area (Å²) in [5, 5.41) is 9.22. The predicted molar refractivity (Wildman–Crippen MR) is 88.2 cm³/mol. The van der Waals surface area contributed by atoms with Gasteiger partial charge in [0.1, 0.15) is 6.04 Å². The van der Waals surface area contributed by atoms with Crippen molar-refractivity contribution < 1.29 is 14.7 Å². The molecule has 1 aromatic rings. The molecule has 1 aliphatic rings. The van der Waals surface area contributed by atoms with E-state index < -0.39 is 12.0 Å². The summed E-state index contributed by atoms with van der Waals surface area (Å²) in [6.07, 6.45) is 0.581. The fourth-order valence-corrected chi connectivity index (χ4v) is 2.98. The Morgan fingerprint density at radius 2 is 1.78 bits per heavy atom. The lowest BCUT2D eigenvalue weighted by Crippen LogP contribution is -2.55. The van der Waals surface area contributed by atoms with Gasteiger partial charge in [-0.15, -0.1) is 0 Å². The largest absolute Gasteiger partial charge is 0.480 e. The fourth-order valence-electron chi connectivity index (χ4n) is 2.98. The molecule has 1 aliphatic heterocycles. The molecule has 0 saturated carbocycles.